The van der Waals surface area contributed by atoms with Gasteiger partial charge in [0.1, 0.15) is 0 Å². The van der Waals surface area contributed by atoms with Gasteiger partial charge in [0.25, 0.3) is 0 Å². The van der Waals surface area contributed by atoms with E-state index in [-0.39, 0.29) is 11.8 Å². The fourth-order valence-corrected chi connectivity index (χ4v) is 3.01. The number of amides is 1. The summed E-state index contributed by atoms with van der Waals surface area (Å²) in [7, 11) is 0. The largest absolute Gasteiger partial charge is 0.367 e. The Balaban J connectivity index is 1.80. The number of H-pyrrole nitrogens is 1. The molecular formula is C15H19ClN4O. The number of piperazine rings is 1. The predicted molar refractivity (Wildman–Crippen MR) is 84.7 cm³/mol. The average molecular weight is 307 g/mol. The lowest BCUT2D eigenvalue weighted by Crippen LogP contribution is -2.50. The molecule has 6 heteroatoms. The van der Waals surface area contributed by atoms with E-state index < -0.39 is 0 Å². The molecule has 1 fully saturated rings. The number of fused-ring (bicyclic) bond motifs is 1. The van der Waals surface area contributed by atoms with Crippen LogP contribution in [0.5, 0.6) is 0 Å². The van der Waals surface area contributed by atoms with Crippen molar-refractivity contribution in [1.29, 1.82) is 0 Å². The minimum absolute atomic E-state index is 0.0586. The van der Waals surface area contributed by atoms with Crippen molar-refractivity contribution in [2.75, 3.05) is 31.1 Å². The summed E-state index contributed by atoms with van der Waals surface area (Å²) in [6.07, 6.45) is 1.83. The van der Waals surface area contributed by atoms with E-state index in [1.807, 2.05) is 37.1 Å². The zero-order valence-electron chi connectivity index (χ0n) is 12.3. The molecule has 0 aliphatic carbocycles. The number of hydrogen-bond acceptors (Lipinski definition) is 3. The third-order valence-electron chi connectivity index (χ3n) is 3.93. The van der Waals surface area contributed by atoms with Crippen LogP contribution in [0.25, 0.3) is 10.9 Å². The zero-order chi connectivity index (χ0) is 15.0. The molecule has 0 atom stereocenters. The van der Waals surface area contributed by atoms with Crippen molar-refractivity contribution in [3.8, 4) is 0 Å². The Labute approximate surface area is 128 Å². The highest BCUT2D eigenvalue weighted by Crippen LogP contribution is 2.30. The van der Waals surface area contributed by atoms with Gasteiger partial charge in [-0.2, -0.15) is 5.10 Å². The van der Waals surface area contributed by atoms with Gasteiger partial charge >= 0.3 is 0 Å². The third-order valence-corrected chi connectivity index (χ3v) is 4.15. The number of rotatable bonds is 2. The first kappa shape index (κ1) is 14.2. The Morgan fingerprint density at radius 2 is 2.00 bits per heavy atom. The molecular weight excluding hydrogens is 288 g/mol. The molecule has 0 unspecified atom stereocenters. The van der Waals surface area contributed by atoms with Gasteiger partial charge in [-0.3, -0.25) is 9.89 Å². The van der Waals surface area contributed by atoms with Crippen LogP contribution in [-0.2, 0) is 4.79 Å². The minimum atomic E-state index is 0.0586. The second-order valence-corrected chi connectivity index (χ2v) is 6.16. The summed E-state index contributed by atoms with van der Waals surface area (Å²) in [5, 5.41) is 8.81. The van der Waals surface area contributed by atoms with E-state index in [0.717, 1.165) is 42.8 Å². The second-order valence-electron chi connectivity index (χ2n) is 5.72. The second kappa shape index (κ2) is 5.56. The first-order valence-electron chi connectivity index (χ1n) is 7.22. The topological polar surface area (TPSA) is 52.2 Å². The molecule has 1 aromatic heterocycles. The van der Waals surface area contributed by atoms with Crippen LogP contribution in [0.2, 0.25) is 5.02 Å². The van der Waals surface area contributed by atoms with Gasteiger partial charge in [0.15, 0.2) is 0 Å². The van der Waals surface area contributed by atoms with E-state index in [9.17, 15) is 4.79 Å². The lowest BCUT2D eigenvalue weighted by atomic mass is 10.1. The molecule has 1 aliphatic rings. The highest BCUT2D eigenvalue weighted by molar-refractivity contribution is 6.31. The van der Waals surface area contributed by atoms with Crippen molar-refractivity contribution in [3.05, 3.63) is 23.4 Å². The summed E-state index contributed by atoms with van der Waals surface area (Å²) >= 11 is 6.18. The van der Waals surface area contributed by atoms with Crippen LogP contribution >= 0.6 is 11.6 Å². The average Bonchev–Trinajstić information content (AvgIpc) is 2.93. The lowest BCUT2D eigenvalue weighted by Gasteiger charge is -2.37. The van der Waals surface area contributed by atoms with Crippen LogP contribution in [0.4, 0.5) is 5.69 Å². The maximum atomic E-state index is 12.0. The van der Waals surface area contributed by atoms with Crippen molar-refractivity contribution in [2.24, 2.45) is 5.92 Å². The molecule has 2 aromatic rings. The molecule has 3 rings (SSSR count). The van der Waals surface area contributed by atoms with Gasteiger partial charge in [-0.15, -0.1) is 0 Å². The standard InChI is InChI=1S/C15H19ClN4O/c1-10(2)15(21)20-5-3-19(4-6-20)14-8-11(16)7-13-12(14)9-17-18-13/h7-10H,3-6H2,1-2H3,(H,17,18). The van der Waals surface area contributed by atoms with Crippen LogP contribution in [0.3, 0.4) is 0 Å². The number of aromatic amines is 1. The van der Waals surface area contributed by atoms with Gasteiger partial charge in [-0.25, -0.2) is 0 Å². The molecule has 0 bridgehead atoms. The monoisotopic (exact) mass is 306 g/mol. The molecule has 0 radical (unpaired) electrons. The van der Waals surface area contributed by atoms with Crippen molar-refractivity contribution in [2.45, 2.75) is 13.8 Å². The van der Waals surface area contributed by atoms with E-state index >= 15 is 0 Å². The molecule has 21 heavy (non-hydrogen) atoms. The van der Waals surface area contributed by atoms with Crippen LogP contribution in [-0.4, -0.2) is 47.2 Å². The normalized spacial score (nSPS) is 16.0. The van der Waals surface area contributed by atoms with Gasteiger partial charge in [0.2, 0.25) is 5.91 Å². The first-order chi connectivity index (χ1) is 10.1. The maximum Gasteiger partial charge on any atom is 0.225 e. The van der Waals surface area contributed by atoms with Gasteiger partial charge in [-0.1, -0.05) is 25.4 Å². The summed E-state index contributed by atoms with van der Waals surface area (Å²) in [6.45, 7) is 7.03. The summed E-state index contributed by atoms with van der Waals surface area (Å²) in [4.78, 5) is 16.3. The zero-order valence-corrected chi connectivity index (χ0v) is 13.0. The maximum absolute atomic E-state index is 12.0. The van der Waals surface area contributed by atoms with Gasteiger partial charge in [0.05, 0.1) is 11.7 Å². The van der Waals surface area contributed by atoms with Crippen LogP contribution in [0.1, 0.15) is 13.8 Å². The number of anilines is 1. The highest BCUT2D eigenvalue weighted by atomic mass is 35.5. The smallest absolute Gasteiger partial charge is 0.225 e. The Morgan fingerprint density at radius 3 is 2.67 bits per heavy atom. The molecule has 0 saturated carbocycles. The summed E-state index contributed by atoms with van der Waals surface area (Å²) in [6, 6.07) is 3.85. The molecule has 1 aromatic carbocycles. The Hall–Kier alpha value is -1.75. The molecule has 1 saturated heterocycles. The Kier molecular flexibility index (Phi) is 3.76. The van der Waals surface area contributed by atoms with Crippen molar-refractivity contribution in [3.63, 3.8) is 0 Å². The molecule has 1 N–H and O–H groups in total. The molecule has 1 aliphatic heterocycles. The first-order valence-corrected chi connectivity index (χ1v) is 7.60. The minimum Gasteiger partial charge on any atom is -0.367 e. The van der Waals surface area contributed by atoms with Gasteiger partial charge in [-0.05, 0) is 12.1 Å². The Bertz CT molecular complexity index is 659. The molecule has 112 valence electrons. The number of aromatic nitrogens is 2. The van der Waals surface area contributed by atoms with Crippen LogP contribution in [0, 0.1) is 5.92 Å². The third kappa shape index (κ3) is 2.70. The van der Waals surface area contributed by atoms with Crippen molar-refractivity contribution >= 4 is 34.1 Å². The number of nitrogens with one attached hydrogen (secondary N) is 1. The van der Waals surface area contributed by atoms with E-state index in [1.54, 1.807) is 0 Å². The molecule has 1 amide bonds. The van der Waals surface area contributed by atoms with E-state index in [1.165, 1.54) is 0 Å². The van der Waals surface area contributed by atoms with Crippen LogP contribution in [0.15, 0.2) is 18.3 Å². The van der Waals surface area contributed by atoms with E-state index in [4.69, 9.17) is 11.6 Å². The number of carbonyl (C=O) groups is 1. The number of hydrogen-bond donors (Lipinski definition) is 1. The quantitative estimate of drug-likeness (QED) is 0.927. The number of benzene rings is 1. The SMILES string of the molecule is CC(C)C(=O)N1CCN(c2cc(Cl)cc3[nH]ncc23)CC1. The van der Waals surface area contributed by atoms with E-state index in [0.29, 0.717) is 5.02 Å². The molecule has 5 nitrogen and oxygen atoms in total. The summed E-state index contributed by atoms with van der Waals surface area (Å²) in [5.41, 5.74) is 2.03. The number of halogens is 1. The number of carbonyl (C=O) groups excluding carboxylic acids is 1. The summed E-state index contributed by atoms with van der Waals surface area (Å²) in [5.74, 6) is 0.289. The predicted octanol–water partition coefficient (Wildman–Crippen LogP) is 2.52. The molecule has 2 heterocycles. The highest BCUT2D eigenvalue weighted by Gasteiger charge is 2.24. The fraction of sp³-hybridized carbons (Fsp3) is 0.467. The van der Waals surface area contributed by atoms with Crippen LogP contribution < -0.4 is 4.90 Å². The van der Waals surface area contributed by atoms with Gasteiger partial charge < -0.3 is 9.80 Å². The van der Waals surface area contributed by atoms with Crippen molar-refractivity contribution < 1.29 is 4.79 Å². The lowest BCUT2D eigenvalue weighted by molar-refractivity contribution is -0.134. The number of nitrogens with zero attached hydrogens (tertiary/aromatic N) is 3. The van der Waals surface area contributed by atoms with Gasteiger partial charge in [0, 0.05) is 48.2 Å². The van der Waals surface area contributed by atoms with Crippen molar-refractivity contribution in [1.82, 2.24) is 15.1 Å². The summed E-state index contributed by atoms with van der Waals surface area (Å²) < 4.78 is 0. The fourth-order valence-electron chi connectivity index (χ4n) is 2.79. The molecule has 0 spiro atoms. The van der Waals surface area contributed by atoms with E-state index in [2.05, 4.69) is 15.1 Å². The Morgan fingerprint density at radius 1 is 1.29 bits per heavy atom.